The number of halogens is 2. The average molecular weight is 464 g/mol. The summed E-state index contributed by atoms with van der Waals surface area (Å²) >= 11 is 12.5. The van der Waals surface area contributed by atoms with Crippen LogP contribution in [0.1, 0.15) is 35.1 Å². The zero-order valence-corrected chi connectivity index (χ0v) is 18.6. The minimum atomic E-state index is -1.02. The molecule has 7 rings (SSSR count). The SMILES string of the molecule is C[C@@H](O)C12c3ccccc3C(c3ccccc31)[C@@H]1C(=O)N(c3ccc(Cl)cc3Cl)C(=O)[C@@H]12. The van der Waals surface area contributed by atoms with E-state index in [9.17, 15) is 14.7 Å². The molecule has 160 valence electrons. The number of nitrogens with zero attached hydrogens (tertiary/aromatic N) is 1. The van der Waals surface area contributed by atoms with Crippen molar-refractivity contribution in [2.24, 2.45) is 11.8 Å². The number of carbonyl (C=O) groups excluding carboxylic acids is 2. The maximum Gasteiger partial charge on any atom is 0.239 e. The first-order chi connectivity index (χ1) is 15.4. The van der Waals surface area contributed by atoms with Crippen LogP contribution in [0.3, 0.4) is 0 Å². The Hall–Kier alpha value is -2.66. The Bertz CT molecular complexity index is 1270. The van der Waals surface area contributed by atoms with Gasteiger partial charge in [-0.1, -0.05) is 71.7 Å². The van der Waals surface area contributed by atoms with Gasteiger partial charge >= 0.3 is 0 Å². The van der Waals surface area contributed by atoms with Crippen LogP contribution < -0.4 is 4.90 Å². The Morgan fingerprint density at radius 1 is 0.906 bits per heavy atom. The van der Waals surface area contributed by atoms with E-state index in [2.05, 4.69) is 0 Å². The fraction of sp³-hybridized carbons (Fsp3) is 0.231. The molecular formula is C26H19Cl2NO3. The van der Waals surface area contributed by atoms with E-state index in [1.54, 1.807) is 19.1 Å². The predicted molar refractivity (Wildman–Crippen MR) is 123 cm³/mol. The molecular weight excluding hydrogens is 445 g/mol. The molecule has 6 heteroatoms. The molecule has 1 N–H and O–H groups in total. The van der Waals surface area contributed by atoms with Crippen molar-refractivity contribution in [3.63, 3.8) is 0 Å². The Morgan fingerprint density at radius 3 is 2.06 bits per heavy atom. The fourth-order valence-corrected chi connectivity index (χ4v) is 6.93. The molecule has 1 saturated heterocycles. The van der Waals surface area contributed by atoms with Crippen molar-refractivity contribution < 1.29 is 14.7 Å². The van der Waals surface area contributed by atoms with Gasteiger partial charge in [0.05, 0.1) is 34.1 Å². The minimum Gasteiger partial charge on any atom is -0.392 e. The van der Waals surface area contributed by atoms with Crippen molar-refractivity contribution in [2.75, 3.05) is 4.90 Å². The number of anilines is 1. The van der Waals surface area contributed by atoms with Crippen LogP contribution in [0.25, 0.3) is 0 Å². The first-order valence-corrected chi connectivity index (χ1v) is 11.3. The predicted octanol–water partition coefficient (Wildman–Crippen LogP) is 4.93. The van der Waals surface area contributed by atoms with Gasteiger partial charge < -0.3 is 5.11 Å². The second kappa shape index (κ2) is 6.67. The lowest BCUT2D eigenvalue weighted by atomic mass is 9.46. The summed E-state index contributed by atoms with van der Waals surface area (Å²) in [4.78, 5) is 29.1. The van der Waals surface area contributed by atoms with Gasteiger partial charge in [-0.15, -0.1) is 0 Å². The van der Waals surface area contributed by atoms with Gasteiger partial charge in [0.25, 0.3) is 0 Å². The summed E-state index contributed by atoms with van der Waals surface area (Å²) in [6.07, 6.45) is -0.893. The second-order valence-electron chi connectivity index (χ2n) is 8.81. The molecule has 0 aromatic heterocycles. The van der Waals surface area contributed by atoms with Crippen LogP contribution in [-0.2, 0) is 15.0 Å². The summed E-state index contributed by atoms with van der Waals surface area (Å²) in [5.74, 6) is -2.23. The molecule has 0 spiro atoms. The zero-order chi connectivity index (χ0) is 22.4. The van der Waals surface area contributed by atoms with Crippen LogP contribution >= 0.6 is 23.2 Å². The average Bonchev–Trinajstić information content (AvgIpc) is 3.05. The van der Waals surface area contributed by atoms with E-state index in [-0.39, 0.29) is 22.8 Å². The highest BCUT2D eigenvalue weighted by Gasteiger charge is 2.69. The number of carbonyl (C=O) groups is 2. The largest absolute Gasteiger partial charge is 0.392 e. The molecule has 2 amide bonds. The van der Waals surface area contributed by atoms with Gasteiger partial charge in [-0.3, -0.25) is 9.59 Å². The Balaban J connectivity index is 1.66. The number of amides is 2. The standard InChI is InChI=1S/C26H19Cl2NO3/c1-13(30)26-17-8-4-2-6-15(17)21(16-7-3-5-9-18(16)26)22-23(26)25(32)29(24(22)31)20-11-10-14(27)12-19(20)28/h2-13,21-23,30H,1H3/t13-,21?,22+,23-,26?/m1/s1. The Kier molecular flexibility index (Phi) is 4.17. The molecule has 4 aliphatic rings. The monoisotopic (exact) mass is 463 g/mol. The number of hydrogen-bond donors (Lipinski definition) is 1. The van der Waals surface area contributed by atoms with Crippen molar-refractivity contribution in [2.45, 2.75) is 24.4 Å². The van der Waals surface area contributed by atoms with Gasteiger partial charge in [-0.25, -0.2) is 4.90 Å². The molecule has 1 fully saturated rings. The van der Waals surface area contributed by atoms with E-state index >= 15 is 0 Å². The molecule has 0 saturated carbocycles. The highest BCUT2D eigenvalue weighted by atomic mass is 35.5. The van der Waals surface area contributed by atoms with Gasteiger partial charge in [0.2, 0.25) is 11.8 Å². The number of aliphatic hydroxyl groups excluding tert-OH is 1. The van der Waals surface area contributed by atoms with E-state index in [1.165, 1.54) is 11.0 Å². The van der Waals surface area contributed by atoms with Crippen molar-refractivity contribution in [1.29, 1.82) is 0 Å². The smallest absolute Gasteiger partial charge is 0.239 e. The zero-order valence-electron chi connectivity index (χ0n) is 17.1. The number of rotatable bonds is 2. The third-order valence-corrected chi connectivity index (χ3v) is 8.03. The quantitative estimate of drug-likeness (QED) is 0.548. The minimum absolute atomic E-state index is 0.242. The van der Waals surface area contributed by atoms with Gasteiger partial charge in [0.1, 0.15) is 0 Å². The summed E-state index contributed by atoms with van der Waals surface area (Å²) in [7, 11) is 0. The first kappa shape index (κ1) is 20.0. The lowest BCUT2D eigenvalue weighted by molar-refractivity contribution is -0.126. The van der Waals surface area contributed by atoms with Crippen LogP contribution in [-0.4, -0.2) is 23.0 Å². The van der Waals surface area contributed by atoms with Gasteiger partial charge in [-0.05, 0) is 47.4 Å². The van der Waals surface area contributed by atoms with Crippen LogP contribution in [0.4, 0.5) is 5.69 Å². The molecule has 32 heavy (non-hydrogen) atoms. The number of imide groups is 1. The Morgan fingerprint density at radius 2 is 1.50 bits per heavy atom. The molecule has 1 heterocycles. The summed E-state index contributed by atoms with van der Waals surface area (Å²) in [6, 6.07) is 20.5. The molecule has 2 bridgehead atoms. The molecule has 3 aliphatic carbocycles. The third-order valence-electron chi connectivity index (χ3n) is 7.49. The van der Waals surface area contributed by atoms with Crippen LogP contribution in [0.5, 0.6) is 0 Å². The lowest BCUT2D eigenvalue weighted by Gasteiger charge is -2.55. The van der Waals surface area contributed by atoms with Gasteiger partial charge in [0, 0.05) is 10.9 Å². The summed E-state index contributed by atoms with van der Waals surface area (Å²) in [5.41, 5.74) is 3.15. The Labute approximate surface area is 195 Å². The van der Waals surface area contributed by atoms with Crippen molar-refractivity contribution in [3.8, 4) is 0 Å². The maximum absolute atomic E-state index is 14.0. The summed E-state index contributed by atoms with van der Waals surface area (Å²) in [5, 5.41) is 12.0. The number of aliphatic hydroxyl groups is 1. The normalized spacial score (nSPS) is 28.4. The second-order valence-corrected chi connectivity index (χ2v) is 9.65. The molecule has 3 atom stereocenters. The lowest BCUT2D eigenvalue weighted by Crippen LogP contribution is -2.58. The summed E-state index contributed by atoms with van der Waals surface area (Å²) < 4.78 is 0. The van der Waals surface area contributed by atoms with E-state index < -0.39 is 23.4 Å². The third kappa shape index (κ3) is 2.22. The van der Waals surface area contributed by atoms with Gasteiger partial charge in [-0.2, -0.15) is 0 Å². The molecule has 4 nitrogen and oxygen atoms in total. The van der Waals surface area contributed by atoms with Crippen LogP contribution in [0.15, 0.2) is 66.7 Å². The van der Waals surface area contributed by atoms with Gasteiger partial charge in [0.15, 0.2) is 0 Å². The van der Waals surface area contributed by atoms with Crippen molar-refractivity contribution in [3.05, 3.63) is 99.0 Å². The molecule has 3 aromatic carbocycles. The fourth-order valence-electron chi connectivity index (χ4n) is 6.44. The molecule has 3 aromatic rings. The van der Waals surface area contributed by atoms with Crippen LogP contribution in [0.2, 0.25) is 10.0 Å². The number of hydrogen-bond acceptors (Lipinski definition) is 3. The van der Waals surface area contributed by atoms with E-state index in [4.69, 9.17) is 23.2 Å². The molecule has 0 radical (unpaired) electrons. The van der Waals surface area contributed by atoms with Crippen molar-refractivity contribution >= 4 is 40.7 Å². The van der Waals surface area contributed by atoms with E-state index in [0.717, 1.165) is 22.3 Å². The highest BCUT2D eigenvalue weighted by molar-refractivity contribution is 6.38. The highest BCUT2D eigenvalue weighted by Crippen LogP contribution is 2.65. The van der Waals surface area contributed by atoms with Crippen LogP contribution in [0, 0.1) is 11.8 Å². The van der Waals surface area contributed by atoms with E-state index in [0.29, 0.717) is 10.7 Å². The molecule has 1 aliphatic heterocycles. The van der Waals surface area contributed by atoms with E-state index in [1.807, 2.05) is 48.5 Å². The first-order valence-electron chi connectivity index (χ1n) is 10.6. The maximum atomic E-state index is 14.0. The molecule has 0 unspecified atom stereocenters. The topological polar surface area (TPSA) is 57.6 Å². The van der Waals surface area contributed by atoms with Crippen molar-refractivity contribution in [1.82, 2.24) is 0 Å². The summed E-state index contributed by atoms with van der Waals surface area (Å²) in [6.45, 7) is 1.71. The number of benzene rings is 3.